The van der Waals surface area contributed by atoms with Gasteiger partial charge in [-0.2, -0.15) is 0 Å². The number of carbonyl (C=O) groups is 5. The Kier molecular flexibility index (Phi) is 6.16. The quantitative estimate of drug-likeness (QED) is 0.205. The van der Waals surface area contributed by atoms with Crippen molar-refractivity contribution in [3.8, 4) is 0 Å². The summed E-state index contributed by atoms with van der Waals surface area (Å²) in [7, 11) is 0. The zero-order valence-corrected chi connectivity index (χ0v) is 15.3. The molecule has 0 aliphatic carbocycles. The topological polar surface area (TPSA) is 166 Å². The van der Waals surface area contributed by atoms with Crippen LogP contribution < -0.4 is 0 Å². The van der Waals surface area contributed by atoms with Gasteiger partial charge < -0.3 is 20.4 Å². The Morgan fingerprint density at radius 3 is 1.21 bits per heavy atom. The lowest BCUT2D eigenvalue weighted by Gasteiger charge is -2.50. The summed E-state index contributed by atoms with van der Waals surface area (Å²) in [6.07, 6.45) is 0. The molecule has 0 aromatic rings. The summed E-state index contributed by atoms with van der Waals surface area (Å²) in [6.45, 7) is 3.16. The van der Waals surface area contributed by atoms with Gasteiger partial charge in [0.15, 0.2) is 27.6 Å². The number of Topliss-reactive ketones (excluding diaryl/α,β-unsaturated/α-hetero) is 5. The summed E-state index contributed by atoms with van der Waals surface area (Å²) >= 11 is 2.49. The van der Waals surface area contributed by atoms with Gasteiger partial charge in [-0.05, 0) is 27.7 Å². The Hall–Kier alpha value is -1.33. The van der Waals surface area contributed by atoms with Crippen LogP contribution in [-0.2, 0) is 24.0 Å². The lowest BCUT2D eigenvalue weighted by molar-refractivity contribution is -0.245. The van der Waals surface area contributed by atoms with Gasteiger partial charge in [-0.15, -0.1) is 0 Å². The summed E-state index contributed by atoms with van der Waals surface area (Å²) in [4.78, 5) is 59.4. The average molecular weight is 411 g/mol. The van der Waals surface area contributed by atoms with Crippen molar-refractivity contribution < 1.29 is 44.4 Å². The van der Waals surface area contributed by atoms with Crippen LogP contribution in [0.2, 0.25) is 0 Å². The largest absolute Gasteiger partial charge is 0.375 e. The summed E-state index contributed by atoms with van der Waals surface area (Å²) in [5, 5.41) is 42.0. The molecule has 0 aliphatic heterocycles. The first-order valence-corrected chi connectivity index (χ1v) is 7.40. The van der Waals surface area contributed by atoms with Crippen molar-refractivity contribution in [1.29, 1.82) is 0 Å². The van der Waals surface area contributed by atoms with Crippen LogP contribution in [0.15, 0.2) is 0 Å². The minimum atomic E-state index is -3.85. The second kappa shape index (κ2) is 6.52. The van der Waals surface area contributed by atoms with E-state index >= 15 is 0 Å². The molecule has 24 heavy (non-hydrogen) atoms. The second-order valence-corrected chi connectivity index (χ2v) is 7.18. The summed E-state index contributed by atoms with van der Waals surface area (Å²) in [6, 6.07) is 0. The molecular formula is C14H19BrO9. The van der Waals surface area contributed by atoms with Gasteiger partial charge in [0.25, 0.3) is 0 Å². The molecule has 0 spiro atoms. The van der Waals surface area contributed by atoms with Gasteiger partial charge in [-0.25, -0.2) is 0 Å². The van der Waals surface area contributed by atoms with Crippen molar-refractivity contribution in [2.24, 2.45) is 0 Å². The van der Waals surface area contributed by atoms with E-state index < -0.39 is 50.2 Å². The number of alkyl halides is 1. The van der Waals surface area contributed by atoms with Crippen molar-refractivity contribution in [1.82, 2.24) is 0 Å². The normalized spacial score (nSPS) is 21.4. The van der Waals surface area contributed by atoms with Gasteiger partial charge in [-0.3, -0.25) is 24.0 Å². The van der Waals surface area contributed by atoms with E-state index in [0.29, 0.717) is 27.7 Å². The Labute approximate surface area is 145 Å². The van der Waals surface area contributed by atoms with E-state index in [9.17, 15) is 44.4 Å². The Bertz CT molecular complexity index is 620. The second-order valence-electron chi connectivity index (χ2n) is 5.64. The third-order valence-corrected chi connectivity index (χ3v) is 4.46. The first-order valence-electron chi connectivity index (χ1n) is 6.60. The number of hydrogen-bond acceptors (Lipinski definition) is 9. The molecule has 0 fully saturated rings. The maximum absolute atomic E-state index is 12.1. The lowest BCUT2D eigenvalue weighted by atomic mass is 9.61. The fourth-order valence-electron chi connectivity index (χ4n) is 2.51. The van der Waals surface area contributed by atoms with Crippen molar-refractivity contribution in [2.75, 3.05) is 0 Å². The van der Waals surface area contributed by atoms with Gasteiger partial charge in [0.2, 0.25) is 22.6 Å². The molecule has 0 saturated carbocycles. The predicted molar refractivity (Wildman–Crippen MR) is 82.1 cm³/mol. The zero-order chi connectivity index (χ0) is 19.9. The number of aliphatic hydroxyl groups is 4. The number of ketones is 5. The molecular weight excluding hydrogens is 392 g/mol. The first kappa shape index (κ1) is 22.7. The van der Waals surface area contributed by atoms with E-state index in [1.54, 1.807) is 0 Å². The predicted octanol–water partition coefficient (Wildman–Crippen LogP) is -1.79. The van der Waals surface area contributed by atoms with Crippen LogP contribution in [0.1, 0.15) is 34.6 Å². The number of carbonyl (C=O) groups excluding carboxylic acids is 5. The van der Waals surface area contributed by atoms with E-state index in [2.05, 4.69) is 15.9 Å². The van der Waals surface area contributed by atoms with Crippen LogP contribution in [-0.4, -0.2) is 70.7 Å². The highest BCUT2D eigenvalue weighted by molar-refractivity contribution is 9.10. The van der Waals surface area contributed by atoms with E-state index in [1.165, 1.54) is 0 Å². The van der Waals surface area contributed by atoms with Crippen LogP contribution in [0, 0.1) is 0 Å². The number of rotatable bonds is 8. The van der Waals surface area contributed by atoms with Gasteiger partial charge in [0, 0.05) is 6.92 Å². The molecule has 4 N–H and O–H groups in total. The monoisotopic (exact) mass is 410 g/mol. The van der Waals surface area contributed by atoms with Crippen molar-refractivity contribution >= 4 is 44.8 Å². The molecule has 136 valence electrons. The molecule has 0 radical (unpaired) electrons. The minimum Gasteiger partial charge on any atom is -0.375 e. The molecule has 9 nitrogen and oxygen atoms in total. The molecule has 4 atom stereocenters. The van der Waals surface area contributed by atoms with E-state index in [1.807, 2.05) is 0 Å². The summed E-state index contributed by atoms with van der Waals surface area (Å²) in [5.74, 6) is -8.00. The Morgan fingerprint density at radius 1 is 0.708 bits per heavy atom. The van der Waals surface area contributed by atoms with Crippen LogP contribution >= 0.6 is 15.9 Å². The third-order valence-electron chi connectivity index (χ3n) is 3.88. The molecule has 0 rings (SSSR count). The number of hydrogen-bond donors (Lipinski definition) is 4. The maximum Gasteiger partial charge on any atom is 0.240 e. The van der Waals surface area contributed by atoms with E-state index in [0.717, 1.165) is 6.92 Å². The highest BCUT2D eigenvalue weighted by Gasteiger charge is 2.77. The molecule has 0 heterocycles. The van der Waals surface area contributed by atoms with E-state index in [4.69, 9.17) is 0 Å². The molecule has 0 saturated heterocycles. The minimum absolute atomic E-state index is 0.563. The molecule has 0 aliphatic rings. The SMILES string of the molecule is CC(=O)C(=O)[C@@](O)(C(C)=O)[C@@](O)(C(C)=O)[C@](O)(C(C)=O)[C@](C)(O)Br. The van der Waals surface area contributed by atoms with Crippen molar-refractivity contribution in [3.05, 3.63) is 0 Å². The van der Waals surface area contributed by atoms with Gasteiger partial charge in [0.05, 0.1) is 0 Å². The summed E-state index contributed by atoms with van der Waals surface area (Å²) in [5.41, 5.74) is -11.2. The molecule has 0 amide bonds. The molecule has 0 aromatic heterocycles. The van der Waals surface area contributed by atoms with Crippen LogP contribution in [0.25, 0.3) is 0 Å². The summed E-state index contributed by atoms with van der Waals surface area (Å²) < 4.78 is -2.77. The molecule has 0 aromatic carbocycles. The van der Waals surface area contributed by atoms with Crippen LogP contribution in [0.5, 0.6) is 0 Å². The first-order chi connectivity index (χ1) is 10.4. The standard InChI is InChI=1S/C14H19BrO9/c1-6(16)10(20)12(22,7(2)17)14(24,9(4)19)13(23,8(3)18)11(5,15)21/h21-24H,1-5H3/t11-,12-,13-,14-/m0/s1. The third kappa shape index (κ3) is 2.78. The smallest absolute Gasteiger partial charge is 0.240 e. The lowest BCUT2D eigenvalue weighted by Crippen LogP contribution is -2.82. The van der Waals surface area contributed by atoms with Gasteiger partial charge in [0.1, 0.15) is 0 Å². The van der Waals surface area contributed by atoms with Gasteiger partial charge >= 0.3 is 0 Å². The highest BCUT2D eigenvalue weighted by atomic mass is 79.9. The van der Waals surface area contributed by atoms with Gasteiger partial charge in [-0.1, -0.05) is 15.9 Å². The fourth-order valence-corrected chi connectivity index (χ4v) is 3.08. The fraction of sp³-hybridized carbons (Fsp3) is 0.643. The zero-order valence-electron chi connectivity index (χ0n) is 13.7. The van der Waals surface area contributed by atoms with E-state index in [-0.39, 0.29) is 0 Å². The molecule has 0 bridgehead atoms. The maximum atomic E-state index is 12.1. The Morgan fingerprint density at radius 2 is 1.04 bits per heavy atom. The van der Waals surface area contributed by atoms with Crippen LogP contribution in [0.3, 0.4) is 0 Å². The Balaban J connectivity index is 7.25. The van der Waals surface area contributed by atoms with Crippen LogP contribution in [0.4, 0.5) is 0 Å². The van der Waals surface area contributed by atoms with Crippen molar-refractivity contribution in [2.45, 2.75) is 55.9 Å². The average Bonchev–Trinajstić information content (AvgIpc) is 2.41. The van der Waals surface area contributed by atoms with Crippen molar-refractivity contribution in [3.63, 3.8) is 0 Å². The number of halogens is 1. The highest BCUT2D eigenvalue weighted by Crippen LogP contribution is 2.45. The molecule has 10 heteroatoms. The molecule has 0 unspecified atom stereocenters.